The van der Waals surface area contributed by atoms with Gasteiger partial charge in [0.25, 0.3) is 0 Å². The lowest BCUT2D eigenvalue weighted by molar-refractivity contribution is 0.630. The molecule has 0 aliphatic carbocycles. The minimum atomic E-state index is -0.315. The van der Waals surface area contributed by atoms with Gasteiger partial charge in [-0.1, -0.05) is 35.5 Å². The van der Waals surface area contributed by atoms with E-state index in [0.29, 0.717) is 21.6 Å². The zero-order chi connectivity index (χ0) is 11.5. The first-order valence-corrected chi connectivity index (χ1v) is 6.14. The Labute approximate surface area is 102 Å². The maximum atomic E-state index is 13.5. The maximum Gasteiger partial charge on any atom is 0.189 e. The van der Waals surface area contributed by atoms with Crippen LogP contribution in [0.3, 0.4) is 0 Å². The Hall–Kier alpha value is -1.13. The van der Waals surface area contributed by atoms with E-state index in [1.165, 1.54) is 17.8 Å². The number of hydrogen-bond acceptors (Lipinski definition) is 3. The summed E-state index contributed by atoms with van der Waals surface area (Å²) in [5.41, 5.74) is 0.935. The number of nitrogens with zero attached hydrogens (tertiary/aromatic N) is 2. The van der Waals surface area contributed by atoms with Crippen LogP contribution in [-0.4, -0.2) is 16.2 Å². The molecule has 0 aliphatic rings. The van der Waals surface area contributed by atoms with Crippen molar-refractivity contribution in [2.45, 2.75) is 5.16 Å². The summed E-state index contributed by atoms with van der Waals surface area (Å²) in [6.45, 7) is 0. The van der Waals surface area contributed by atoms with E-state index in [1.807, 2.05) is 6.26 Å². The Balaban J connectivity index is 2.56. The Kier molecular flexibility index (Phi) is 3.41. The lowest BCUT2D eigenvalue weighted by atomic mass is 10.1. The van der Waals surface area contributed by atoms with Gasteiger partial charge in [0.15, 0.2) is 5.16 Å². The van der Waals surface area contributed by atoms with Gasteiger partial charge in [-0.05, 0) is 18.4 Å². The molecule has 82 valence electrons. The van der Waals surface area contributed by atoms with Gasteiger partial charge in [-0.25, -0.2) is 14.4 Å². The van der Waals surface area contributed by atoms with Gasteiger partial charge in [0, 0.05) is 11.6 Å². The van der Waals surface area contributed by atoms with E-state index in [1.54, 1.807) is 24.3 Å². The van der Waals surface area contributed by atoms with Crippen molar-refractivity contribution >= 4 is 23.4 Å². The number of benzene rings is 1. The lowest BCUT2D eigenvalue weighted by Crippen LogP contribution is -1.92. The molecule has 2 nitrogen and oxygen atoms in total. The molecule has 2 aromatic rings. The van der Waals surface area contributed by atoms with Gasteiger partial charge in [0.2, 0.25) is 0 Å². The first-order chi connectivity index (χ1) is 7.70. The van der Waals surface area contributed by atoms with E-state index in [-0.39, 0.29) is 5.82 Å². The van der Waals surface area contributed by atoms with Gasteiger partial charge in [-0.15, -0.1) is 0 Å². The van der Waals surface area contributed by atoms with Crippen molar-refractivity contribution < 1.29 is 4.39 Å². The molecule has 16 heavy (non-hydrogen) atoms. The van der Waals surface area contributed by atoms with Crippen molar-refractivity contribution in [1.82, 2.24) is 9.97 Å². The zero-order valence-corrected chi connectivity index (χ0v) is 10.0. The molecule has 2 rings (SSSR count). The molecule has 0 unspecified atom stereocenters. The normalized spacial score (nSPS) is 10.4. The summed E-state index contributed by atoms with van der Waals surface area (Å²) in [4.78, 5) is 8.21. The van der Waals surface area contributed by atoms with Crippen molar-refractivity contribution in [3.8, 4) is 11.3 Å². The molecule has 0 fully saturated rings. The van der Waals surface area contributed by atoms with E-state index < -0.39 is 0 Å². The van der Waals surface area contributed by atoms with Crippen LogP contribution in [0.5, 0.6) is 0 Å². The highest BCUT2D eigenvalue weighted by Crippen LogP contribution is 2.24. The third kappa shape index (κ3) is 2.33. The van der Waals surface area contributed by atoms with Crippen molar-refractivity contribution in [1.29, 1.82) is 0 Å². The molecule has 1 aromatic carbocycles. The highest BCUT2D eigenvalue weighted by atomic mass is 35.5. The standard InChI is InChI=1S/C11H8ClFN2S/c1-16-11-14-9(6-10(12)15-11)7-4-2-3-5-8(7)13/h2-6H,1H3. The van der Waals surface area contributed by atoms with E-state index in [4.69, 9.17) is 11.6 Å². The Morgan fingerprint density at radius 2 is 2.00 bits per heavy atom. The molecule has 0 atom stereocenters. The number of thioether (sulfide) groups is 1. The largest absolute Gasteiger partial charge is 0.222 e. The minimum Gasteiger partial charge on any atom is -0.222 e. The monoisotopic (exact) mass is 254 g/mol. The number of rotatable bonds is 2. The van der Waals surface area contributed by atoms with Crippen LogP contribution in [-0.2, 0) is 0 Å². The molecule has 1 aromatic heterocycles. The van der Waals surface area contributed by atoms with Crippen molar-refractivity contribution in [3.63, 3.8) is 0 Å². The second-order valence-corrected chi connectivity index (χ2v) is 4.20. The topological polar surface area (TPSA) is 25.8 Å². The van der Waals surface area contributed by atoms with E-state index in [0.717, 1.165) is 0 Å². The maximum absolute atomic E-state index is 13.5. The van der Waals surface area contributed by atoms with Crippen LogP contribution in [0.4, 0.5) is 4.39 Å². The Morgan fingerprint density at radius 1 is 1.25 bits per heavy atom. The minimum absolute atomic E-state index is 0.315. The summed E-state index contributed by atoms with van der Waals surface area (Å²) in [6, 6.07) is 8.01. The van der Waals surface area contributed by atoms with Crippen LogP contribution < -0.4 is 0 Å². The van der Waals surface area contributed by atoms with Crippen molar-refractivity contribution in [3.05, 3.63) is 41.3 Å². The Morgan fingerprint density at radius 3 is 2.69 bits per heavy atom. The summed E-state index contributed by atoms with van der Waals surface area (Å²) >= 11 is 7.21. The highest BCUT2D eigenvalue weighted by Gasteiger charge is 2.08. The summed E-state index contributed by atoms with van der Waals surface area (Å²) in [5, 5.41) is 0.850. The quantitative estimate of drug-likeness (QED) is 0.465. The molecule has 0 saturated carbocycles. The molecule has 0 saturated heterocycles. The summed E-state index contributed by atoms with van der Waals surface area (Å²) in [6.07, 6.45) is 1.84. The predicted octanol–water partition coefficient (Wildman–Crippen LogP) is 3.66. The number of halogens is 2. The molecule has 0 aliphatic heterocycles. The molecule has 0 N–H and O–H groups in total. The van der Waals surface area contributed by atoms with Gasteiger partial charge >= 0.3 is 0 Å². The SMILES string of the molecule is CSc1nc(Cl)cc(-c2ccccc2F)n1. The van der Waals surface area contributed by atoms with Crippen molar-refractivity contribution in [2.24, 2.45) is 0 Å². The van der Waals surface area contributed by atoms with Gasteiger partial charge in [-0.3, -0.25) is 0 Å². The molecule has 0 radical (unpaired) electrons. The summed E-state index contributed by atoms with van der Waals surface area (Å²) in [7, 11) is 0. The van der Waals surface area contributed by atoms with Crippen LogP contribution in [0.25, 0.3) is 11.3 Å². The van der Waals surface area contributed by atoms with Gasteiger partial charge in [0.05, 0.1) is 5.69 Å². The molecule has 0 bridgehead atoms. The highest BCUT2D eigenvalue weighted by molar-refractivity contribution is 7.98. The smallest absolute Gasteiger partial charge is 0.189 e. The predicted molar refractivity (Wildman–Crippen MR) is 64.2 cm³/mol. The van der Waals surface area contributed by atoms with Crippen LogP contribution in [0.2, 0.25) is 5.15 Å². The molecule has 5 heteroatoms. The second-order valence-electron chi connectivity index (χ2n) is 3.04. The van der Waals surface area contributed by atoms with Crippen LogP contribution in [0.1, 0.15) is 0 Å². The molecular formula is C11H8ClFN2S. The molecule has 0 spiro atoms. The lowest BCUT2D eigenvalue weighted by Gasteiger charge is -2.04. The van der Waals surface area contributed by atoms with Crippen LogP contribution in [0.15, 0.2) is 35.5 Å². The van der Waals surface area contributed by atoms with Crippen LogP contribution in [0, 0.1) is 5.82 Å². The van der Waals surface area contributed by atoms with Gasteiger partial charge in [-0.2, -0.15) is 0 Å². The Bertz CT molecular complexity index is 519. The summed E-state index contributed by atoms with van der Waals surface area (Å²) in [5.74, 6) is -0.315. The number of aromatic nitrogens is 2. The van der Waals surface area contributed by atoms with Gasteiger partial charge in [0.1, 0.15) is 11.0 Å². The first-order valence-electron chi connectivity index (χ1n) is 4.54. The average Bonchev–Trinajstić information content (AvgIpc) is 2.28. The van der Waals surface area contributed by atoms with Crippen molar-refractivity contribution in [2.75, 3.05) is 6.26 Å². The molecular weight excluding hydrogens is 247 g/mol. The fraction of sp³-hybridized carbons (Fsp3) is 0.0909. The third-order valence-electron chi connectivity index (χ3n) is 2.01. The van der Waals surface area contributed by atoms with E-state index in [9.17, 15) is 4.39 Å². The van der Waals surface area contributed by atoms with E-state index in [2.05, 4.69) is 9.97 Å². The van der Waals surface area contributed by atoms with E-state index >= 15 is 0 Å². The third-order valence-corrected chi connectivity index (χ3v) is 2.75. The number of hydrogen-bond donors (Lipinski definition) is 0. The van der Waals surface area contributed by atoms with Crippen LogP contribution >= 0.6 is 23.4 Å². The average molecular weight is 255 g/mol. The first kappa shape index (κ1) is 11.4. The zero-order valence-electron chi connectivity index (χ0n) is 8.45. The van der Waals surface area contributed by atoms with Gasteiger partial charge < -0.3 is 0 Å². The summed E-state index contributed by atoms with van der Waals surface area (Å²) < 4.78 is 13.5. The molecule has 1 heterocycles. The fourth-order valence-corrected chi connectivity index (χ4v) is 1.91. The molecule has 0 amide bonds. The fourth-order valence-electron chi connectivity index (χ4n) is 1.29. The second kappa shape index (κ2) is 4.80.